The van der Waals surface area contributed by atoms with Crippen molar-refractivity contribution in [2.75, 3.05) is 14.2 Å². The van der Waals surface area contributed by atoms with Crippen LogP contribution in [0.5, 0.6) is 0 Å². The van der Waals surface area contributed by atoms with Crippen LogP contribution >= 0.6 is 0 Å². The Hall–Kier alpha value is -1.57. The van der Waals surface area contributed by atoms with E-state index in [4.69, 9.17) is 5.26 Å². The topological polar surface area (TPSA) is 76.4 Å². The van der Waals surface area contributed by atoms with Gasteiger partial charge in [0.15, 0.2) is 5.41 Å². The molecular formula is C10H13NO4. The third-order valence-corrected chi connectivity index (χ3v) is 3.23. The van der Waals surface area contributed by atoms with E-state index >= 15 is 0 Å². The van der Waals surface area contributed by atoms with Gasteiger partial charge in [-0.25, -0.2) is 0 Å². The molecule has 82 valence electrons. The van der Waals surface area contributed by atoms with E-state index in [1.807, 2.05) is 6.07 Å². The van der Waals surface area contributed by atoms with Crippen molar-refractivity contribution in [3.05, 3.63) is 0 Å². The molecule has 1 rings (SSSR count). The summed E-state index contributed by atoms with van der Waals surface area (Å²) in [5.41, 5.74) is -2.19. The summed E-state index contributed by atoms with van der Waals surface area (Å²) >= 11 is 0. The van der Waals surface area contributed by atoms with Gasteiger partial charge in [0.25, 0.3) is 0 Å². The highest BCUT2D eigenvalue weighted by Gasteiger charge is 2.82. The van der Waals surface area contributed by atoms with Gasteiger partial charge in [0.2, 0.25) is 0 Å². The van der Waals surface area contributed by atoms with Crippen molar-refractivity contribution in [2.45, 2.75) is 13.8 Å². The van der Waals surface area contributed by atoms with Crippen LogP contribution in [0.25, 0.3) is 0 Å². The second-order valence-corrected chi connectivity index (χ2v) is 4.07. The standard InChI is InChI=1S/C10H13NO4/c1-9(2)6(5-11)10(9,7(12)14-3)8(13)15-4/h6H,1-4H3. The van der Waals surface area contributed by atoms with E-state index in [0.29, 0.717) is 0 Å². The molecule has 0 radical (unpaired) electrons. The molecule has 1 atom stereocenters. The maximum atomic E-state index is 11.6. The third-order valence-electron chi connectivity index (χ3n) is 3.23. The Morgan fingerprint density at radius 2 is 1.60 bits per heavy atom. The zero-order valence-corrected chi connectivity index (χ0v) is 9.16. The molecule has 15 heavy (non-hydrogen) atoms. The molecule has 0 heterocycles. The lowest BCUT2D eigenvalue weighted by atomic mass is 9.96. The van der Waals surface area contributed by atoms with Crippen molar-refractivity contribution in [1.82, 2.24) is 0 Å². The molecular weight excluding hydrogens is 198 g/mol. The first kappa shape index (κ1) is 11.5. The summed E-state index contributed by atoms with van der Waals surface area (Å²) in [7, 11) is 2.38. The smallest absolute Gasteiger partial charge is 0.325 e. The average Bonchev–Trinajstić information content (AvgIpc) is 2.73. The lowest BCUT2D eigenvalue weighted by Crippen LogP contribution is -2.33. The first-order chi connectivity index (χ1) is 6.91. The fourth-order valence-corrected chi connectivity index (χ4v) is 2.19. The van der Waals surface area contributed by atoms with Gasteiger partial charge in [-0.15, -0.1) is 0 Å². The minimum atomic E-state index is -1.45. The zero-order valence-electron chi connectivity index (χ0n) is 9.16. The van der Waals surface area contributed by atoms with Crippen LogP contribution < -0.4 is 0 Å². The minimum absolute atomic E-state index is 0.690. The van der Waals surface area contributed by atoms with Gasteiger partial charge in [0, 0.05) is 5.41 Å². The zero-order chi connectivity index (χ0) is 11.9. The summed E-state index contributed by atoms with van der Waals surface area (Å²) in [6.07, 6.45) is 0. The van der Waals surface area contributed by atoms with Crippen LogP contribution in [0.4, 0.5) is 0 Å². The van der Waals surface area contributed by atoms with Gasteiger partial charge in [-0.3, -0.25) is 9.59 Å². The Morgan fingerprint density at radius 1 is 1.20 bits per heavy atom. The molecule has 0 aromatic heterocycles. The quantitative estimate of drug-likeness (QED) is 0.491. The summed E-state index contributed by atoms with van der Waals surface area (Å²) in [6, 6.07) is 1.95. The van der Waals surface area contributed by atoms with Gasteiger partial charge in [-0.2, -0.15) is 5.26 Å². The molecule has 5 nitrogen and oxygen atoms in total. The van der Waals surface area contributed by atoms with Gasteiger partial charge in [-0.1, -0.05) is 13.8 Å². The number of esters is 2. The Balaban J connectivity index is 3.20. The van der Waals surface area contributed by atoms with E-state index in [1.165, 1.54) is 14.2 Å². The monoisotopic (exact) mass is 211 g/mol. The Morgan fingerprint density at radius 3 is 1.80 bits per heavy atom. The van der Waals surface area contributed by atoms with Gasteiger partial charge in [0.1, 0.15) is 0 Å². The highest BCUT2D eigenvalue weighted by molar-refractivity contribution is 6.06. The normalized spacial score (nSPS) is 24.9. The van der Waals surface area contributed by atoms with Crippen LogP contribution in [0.2, 0.25) is 0 Å². The Kier molecular flexibility index (Phi) is 2.48. The van der Waals surface area contributed by atoms with Crippen molar-refractivity contribution in [2.24, 2.45) is 16.7 Å². The van der Waals surface area contributed by atoms with Crippen molar-refractivity contribution in [3.8, 4) is 6.07 Å². The summed E-state index contributed by atoms with van der Waals surface area (Å²) in [4.78, 5) is 23.2. The number of methoxy groups -OCH3 is 2. The number of ether oxygens (including phenoxy) is 2. The number of hydrogen-bond donors (Lipinski definition) is 0. The van der Waals surface area contributed by atoms with Crippen molar-refractivity contribution < 1.29 is 19.1 Å². The van der Waals surface area contributed by atoms with E-state index in [1.54, 1.807) is 13.8 Å². The van der Waals surface area contributed by atoms with Gasteiger partial charge < -0.3 is 9.47 Å². The van der Waals surface area contributed by atoms with Crippen LogP contribution in [0.15, 0.2) is 0 Å². The molecule has 1 fully saturated rings. The third kappa shape index (κ3) is 1.08. The summed E-state index contributed by atoms with van der Waals surface area (Å²) in [5.74, 6) is -2.10. The van der Waals surface area contributed by atoms with Gasteiger partial charge in [0.05, 0.1) is 26.2 Å². The fourth-order valence-electron chi connectivity index (χ4n) is 2.19. The van der Waals surface area contributed by atoms with E-state index in [0.717, 1.165) is 0 Å². The molecule has 1 aliphatic carbocycles. The predicted molar refractivity (Wildman–Crippen MR) is 49.3 cm³/mol. The summed E-state index contributed by atoms with van der Waals surface area (Å²) < 4.78 is 9.15. The Bertz CT molecular complexity index is 337. The maximum Gasteiger partial charge on any atom is 0.325 e. The number of carbonyl (C=O) groups is 2. The van der Waals surface area contributed by atoms with E-state index < -0.39 is 28.7 Å². The number of carbonyl (C=O) groups excluding carboxylic acids is 2. The van der Waals surface area contributed by atoms with E-state index in [-0.39, 0.29) is 0 Å². The molecule has 1 unspecified atom stereocenters. The molecule has 1 aliphatic rings. The van der Waals surface area contributed by atoms with Crippen LogP contribution in [0, 0.1) is 28.1 Å². The number of nitrogens with zero attached hydrogens (tertiary/aromatic N) is 1. The highest BCUT2D eigenvalue weighted by Crippen LogP contribution is 2.69. The highest BCUT2D eigenvalue weighted by atomic mass is 16.5. The molecule has 0 bridgehead atoms. The lowest BCUT2D eigenvalue weighted by Gasteiger charge is -2.14. The van der Waals surface area contributed by atoms with Crippen LogP contribution in [-0.4, -0.2) is 26.2 Å². The second kappa shape index (κ2) is 3.23. The molecule has 5 heteroatoms. The van der Waals surface area contributed by atoms with Crippen LogP contribution in [0.1, 0.15) is 13.8 Å². The van der Waals surface area contributed by atoms with Crippen molar-refractivity contribution in [1.29, 1.82) is 5.26 Å². The van der Waals surface area contributed by atoms with Crippen molar-refractivity contribution >= 4 is 11.9 Å². The average molecular weight is 211 g/mol. The van der Waals surface area contributed by atoms with E-state index in [2.05, 4.69) is 9.47 Å². The molecule has 0 aromatic rings. The predicted octanol–water partition coefficient (Wildman–Crippen LogP) is 0.498. The van der Waals surface area contributed by atoms with Crippen LogP contribution in [0.3, 0.4) is 0 Å². The molecule has 0 N–H and O–H groups in total. The summed E-state index contributed by atoms with van der Waals surface area (Å²) in [6.45, 7) is 3.35. The van der Waals surface area contributed by atoms with Gasteiger partial charge in [-0.05, 0) is 0 Å². The van der Waals surface area contributed by atoms with Crippen molar-refractivity contribution in [3.63, 3.8) is 0 Å². The molecule has 0 saturated heterocycles. The number of rotatable bonds is 2. The van der Waals surface area contributed by atoms with Gasteiger partial charge >= 0.3 is 11.9 Å². The first-order valence-corrected chi connectivity index (χ1v) is 4.47. The minimum Gasteiger partial charge on any atom is -0.468 e. The SMILES string of the molecule is COC(=O)C1(C(=O)OC)C(C#N)C1(C)C. The number of nitriles is 1. The maximum absolute atomic E-state index is 11.6. The fraction of sp³-hybridized carbons (Fsp3) is 0.700. The first-order valence-electron chi connectivity index (χ1n) is 4.47. The molecule has 0 amide bonds. The molecule has 0 spiro atoms. The molecule has 0 aromatic carbocycles. The van der Waals surface area contributed by atoms with E-state index in [9.17, 15) is 9.59 Å². The molecule has 1 saturated carbocycles. The molecule has 0 aliphatic heterocycles. The number of hydrogen-bond acceptors (Lipinski definition) is 5. The largest absolute Gasteiger partial charge is 0.468 e. The lowest BCUT2D eigenvalue weighted by molar-refractivity contribution is -0.163. The van der Waals surface area contributed by atoms with Crippen LogP contribution in [-0.2, 0) is 19.1 Å². The summed E-state index contributed by atoms with van der Waals surface area (Å²) in [5, 5.41) is 8.90. The second-order valence-electron chi connectivity index (χ2n) is 4.07. The Labute approximate surface area is 88.0 Å².